The van der Waals surface area contributed by atoms with E-state index in [0.717, 1.165) is 50.4 Å². The Morgan fingerprint density at radius 1 is 1.01 bits per heavy atom. The van der Waals surface area contributed by atoms with Gasteiger partial charge in [0, 0.05) is 45.9 Å². The molecule has 1 aliphatic rings. The zero-order chi connectivity index (χ0) is 55.2. The lowest BCUT2D eigenvalue weighted by atomic mass is 10.0. The quantitative estimate of drug-likeness (QED) is 0.0180. The number of carboxylic acid groups (broad SMARTS) is 1. The largest absolute Gasteiger partial charge is 0.491 e. The zero-order valence-corrected chi connectivity index (χ0v) is 45.3. The molecule has 2 atom stereocenters. The second-order valence-electron chi connectivity index (χ2n) is 19.5. The van der Waals surface area contributed by atoms with Crippen LogP contribution in [-0.4, -0.2) is 113 Å². The Hall–Kier alpha value is -7.73. The van der Waals surface area contributed by atoms with Crippen molar-refractivity contribution in [2.75, 3.05) is 62.5 Å². The fourth-order valence-corrected chi connectivity index (χ4v) is 10.5. The van der Waals surface area contributed by atoms with Crippen molar-refractivity contribution in [1.82, 2.24) is 30.8 Å². The molecule has 6 aromatic rings. The molecule has 1 aliphatic heterocycles. The Balaban J connectivity index is 0.934. The molecule has 4 heterocycles. The van der Waals surface area contributed by atoms with Crippen LogP contribution in [0.15, 0.2) is 60.7 Å². The maximum absolute atomic E-state index is 15.4. The Morgan fingerprint density at radius 2 is 1.82 bits per heavy atom. The van der Waals surface area contributed by atoms with Gasteiger partial charge in [-0.1, -0.05) is 55.2 Å². The molecular weight excluding hydrogens is 1020 g/mol. The fourth-order valence-electron chi connectivity index (χ4n) is 8.48. The van der Waals surface area contributed by atoms with E-state index in [1.54, 1.807) is 18.2 Å². The Bertz CT molecular complexity index is 3180. The van der Waals surface area contributed by atoms with Gasteiger partial charge in [-0.3, -0.25) is 9.59 Å². The first-order chi connectivity index (χ1) is 36.9. The van der Waals surface area contributed by atoms with Crippen molar-refractivity contribution in [2.45, 2.75) is 84.5 Å². The number of carbonyl (C=O) groups excluding carboxylic acids is 3. The number of nitrogens with one attached hydrogen (secondary N) is 4. The van der Waals surface area contributed by atoms with Gasteiger partial charge in [0.2, 0.25) is 11.8 Å². The van der Waals surface area contributed by atoms with E-state index in [0.29, 0.717) is 76.3 Å². The molecule has 3 aromatic carbocycles. The smallest absolute Gasteiger partial charge is 0.355 e. The molecule has 0 aliphatic carbocycles. The number of nitrogens with two attached hydrogens (primary N) is 2. The molecule has 0 radical (unpaired) electrons. The lowest BCUT2D eigenvalue weighted by Gasteiger charge is -2.28. The van der Waals surface area contributed by atoms with E-state index in [4.69, 9.17) is 27.4 Å². The molecule has 0 saturated carbocycles. The number of para-hydroxylation sites is 1. The highest BCUT2D eigenvalue weighted by molar-refractivity contribution is 7.22. The molecule has 0 saturated heterocycles. The molecule has 0 fully saturated rings. The number of aromatic carboxylic acids is 1. The Morgan fingerprint density at radius 3 is 2.56 bits per heavy atom. The number of hydrogen-bond donors (Lipinski definition) is 7. The highest BCUT2D eigenvalue weighted by Crippen LogP contribution is 2.39. The van der Waals surface area contributed by atoms with E-state index in [1.807, 2.05) is 70.1 Å². The van der Waals surface area contributed by atoms with Crippen LogP contribution in [0.4, 0.5) is 36.8 Å². The third-order valence-electron chi connectivity index (χ3n) is 12.6. The number of quaternary nitrogens is 1. The molecule has 19 nitrogen and oxygen atoms in total. The molecule has 9 N–H and O–H groups in total. The predicted molar refractivity (Wildman–Crippen MR) is 297 cm³/mol. The van der Waals surface area contributed by atoms with Gasteiger partial charge in [0.15, 0.2) is 39.2 Å². The van der Waals surface area contributed by atoms with E-state index >= 15 is 4.39 Å². The number of ether oxygens (including phenoxy) is 2. The van der Waals surface area contributed by atoms with Crippen molar-refractivity contribution in [3.63, 3.8) is 0 Å². The van der Waals surface area contributed by atoms with E-state index in [1.165, 1.54) is 34.8 Å². The fraction of sp³-hybridized carbons (Fsp3) is 0.382. The minimum atomic E-state index is -1.14. The van der Waals surface area contributed by atoms with Gasteiger partial charge >= 0.3 is 12.0 Å². The van der Waals surface area contributed by atoms with Crippen LogP contribution in [0.25, 0.3) is 10.2 Å². The molecule has 0 unspecified atom stereocenters. The number of aromatic nitrogens is 4. The van der Waals surface area contributed by atoms with Crippen molar-refractivity contribution < 1.29 is 42.6 Å². The topological polar surface area (TPSA) is 262 Å². The van der Waals surface area contributed by atoms with Crippen LogP contribution in [-0.2, 0) is 40.3 Å². The average molecular weight is 1090 g/mol. The van der Waals surface area contributed by atoms with Crippen LogP contribution in [0.3, 0.4) is 0 Å². The number of thiazole rings is 2. The number of hydrogen-bond acceptors (Lipinski definition) is 15. The van der Waals surface area contributed by atoms with Gasteiger partial charge in [-0.05, 0) is 105 Å². The lowest BCUT2D eigenvalue weighted by molar-refractivity contribution is -0.896. The average Bonchev–Trinajstić information content (AvgIpc) is 4.08. The van der Waals surface area contributed by atoms with Gasteiger partial charge in [0.1, 0.15) is 25.7 Å². The molecule has 3 aromatic heterocycles. The molecule has 4 amide bonds. The summed E-state index contributed by atoms with van der Waals surface area (Å²) in [6, 6.07) is 15.4. The summed E-state index contributed by atoms with van der Waals surface area (Å²) in [7, 11) is 4.01. The number of fused-ring (bicyclic) bond motifs is 2. The minimum absolute atomic E-state index is 0.0350. The third-order valence-corrected chi connectivity index (χ3v) is 14.7. The summed E-state index contributed by atoms with van der Waals surface area (Å²) in [4.78, 5) is 61.8. The van der Waals surface area contributed by atoms with Gasteiger partial charge in [-0.25, -0.2) is 23.9 Å². The summed E-state index contributed by atoms with van der Waals surface area (Å²) >= 11 is 2.83. The number of primary amides is 1. The van der Waals surface area contributed by atoms with Crippen molar-refractivity contribution >= 4 is 84.3 Å². The first kappa shape index (κ1) is 57.0. The van der Waals surface area contributed by atoms with Crippen molar-refractivity contribution in [2.24, 2.45) is 17.4 Å². The van der Waals surface area contributed by atoms with Gasteiger partial charge < -0.3 is 56.7 Å². The first-order valence-corrected chi connectivity index (χ1v) is 26.8. The lowest BCUT2D eigenvalue weighted by Crippen LogP contribution is -2.51. The van der Waals surface area contributed by atoms with Gasteiger partial charge in [0.05, 0.1) is 43.6 Å². The van der Waals surface area contributed by atoms with Crippen LogP contribution in [0.1, 0.15) is 82.7 Å². The van der Waals surface area contributed by atoms with Gasteiger partial charge in [-0.2, -0.15) is 0 Å². The number of terminal acetylenes is 1. The first-order valence-electron chi connectivity index (χ1n) is 25.1. The highest BCUT2D eigenvalue weighted by atomic mass is 32.1. The number of aryl methyl sites for hydroxylation is 1. The summed E-state index contributed by atoms with van der Waals surface area (Å²) in [6.45, 7) is 7.71. The van der Waals surface area contributed by atoms with Crippen LogP contribution in [0.2, 0.25) is 0 Å². The maximum atomic E-state index is 15.4. The maximum Gasteiger partial charge on any atom is 0.355 e. The second kappa shape index (κ2) is 26.4. The van der Waals surface area contributed by atoms with E-state index in [9.17, 15) is 24.3 Å². The summed E-state index contributed by atoms with van der Waals surface area (Å²) < 4.78 is 28.4. The SMILES string of the molecule is C#CCOCc1cc(NC(=O)[C@H](CCCNC(N)=O)NC(=O)[C@@H](N)C(C)C)ccc1C[N+](C)(C)CC#Cc1ccc(OCCCc2sc(N3CCCc4c3nnc(Nc3nc5ccccc5s3)c4C)nc2C(=O)O)c(F)c1. The Labute approximate surface area is 454 Å². The monoisotopic (exact) mass is 1090 g/mol. The molecule has 7 rings (SSSR count). The number of carboxylic acids is 1. The molecular formula is C55H64FN12O7S2+. The summed E-state index contributed by atoms with van der Waals surface area (Å²) in [5.74, 6) is 7.23. The number of carbonyl (C=O) groups is 4. The molecule has 77 heavy (non-hydrogen) atoms. The summed E-state index contributed by atoms with van der Waals surface area (Å²) in [5.41, 5.74) is 16.7. The molecule has 0 bridgehead atoms. The number of amides is 4. The predicted octanol–water partition coefficient (Wildman–Crippen LogP) is 7.16. The number of nitrogens with zero attached hydrogens (tertiary/aromatic N) is 6. The Kier molecular flexibility index (Phi) is 19.5. The van der Waals surface area contributed by atoms with E-state index < -0.39 is 41.7 Å². The number of benzene rings is 3. The van der Waals surface area contributed by atoms with Crippen molar-refractivity contribution in [3.8, 4) is 29.9 Å². The highest BCUT2D eigenvalue weighted by Gasteiger charge is 2.30. The van der Waals surface area contributed by atoms with Crippen LogP contribution in [0, 0.1) is 42.8 Å². The van der Waals surface area contributed by atoms with Crippen molar-refractivity contribution in [1.29, 1.82) is 0 Å². The van der Waals surface area contributed by atoms with Crippen LogP contribution >= 0.6 is 22.7 Å². The van der Waals surface area contributed by atoms with Crippen LogP contribution < -0.4 is 42.4 Å². The minimum Gasteiger partial charge on any atom is -0.491 e. The molecule has 22 heteroatoms. The van der Waals surface area contributed by atoms with E-state index in [2.05, 4.69) is 59.2 Å². The van der Waals surface area contributed by atoms with Crippen molar-refractivity contribution in [3.05, 3.63) is 105 Å². The van der Waals surface area contributed by atoms with Gasteiger partial charge in [0.25, 0.3) is 0 Å². The normalized spacial score (nSPS) is 12.9. The number of halogens is 1. The standard InChI is InChI=1S/C55H63FN12O7S2/c1-7-27-74-32-37-30-38(60-50(69)42(17-10-24-59-53(58)73)61-51(70)46(57)33(2)3)22-21-36(37)31-68(5,6)26-12-14-35-20-23-43(40(56)29-35)75-28-13-19-45-47(52(71)72)63-55(77-45)67-25-11-15-39-34(4)48(65-66-49(39)67)64-54-62-41-16-8-9-18-44(41)76-54/h1,8-9,16,18,20-23,29-30,33,42,46H,10-11,13,15,17,19,24-28,31-32,57H2,2-6H3,(H6-,58,59,60,61,62,64,65,69,70,71,72,73)/p+1/t42-,46-/m0/s1. The summed E-state index contributed by atoms with van der Waals surface area (Å²) in [5, 5.41) is 32.0. The second-order valence-corrected chi connectivity index (χ2v) is 21.6. The number of anilines is 5. The zero-order valence-electron chi connectivity index (χ0n) is 43.7. The van der Waals surface area contributed by atoms with Gasteiger partial charge in [-0.15, -0.1) is 28.0 Å². The molecule has 404 valence electrons. The number of urea groups is 1. The van der Waals surface area contributed by atoms with E-state index in [-0.39, 0.29) is 50.1 Å². The summed E-state index contributed by atoms with van der Waals surface area (Å²) in [6.07, 6.45) is 8.41. The van der Waals surface area contributed by atoms with Crippen LogP contribution in [0.5, 0.6) is 5.75 Å². The molecule has 0 spiro atoms. The number of rotatable bonds is 24. The third kappa shape index (κ3) is 15.5.